The molecule has 0 fully saturated rings. The highest BCUT2D eigenvalue weighted by molar-refractivity contribution is 5.72. The Bertz CT molecular complexity index is 804. The molecule has 0 saturated heterocycles. The molecule has 0 spiro atoms. The van der Waals surface area contributed by atoms with Crippen molar-refractivity contribution in [3.8, 4) is 5.75 Å². The number of para-hydroxylation sites is 2. The van der Waals surface area contributed by atoms with E-state index < -0.39 is 0 Å². The highest BCUT2D eigenvalue weighted by Gasteiger charge is 2.07. The van der Waals surface area contributed by atoms with Gasteiger partial charge in [-0.1, -0.05) is 18.2 Å². The van der Waals surface area contributed by atoms with Crippen molar-refractivity contribution in [3.63, 3.8) is 0 Å². The maximum absolute atomic E-state index is 11.8. The van der Waals surface area contributed by atoms with E-state index in [9.17, 15) is 4.79 Å². The number of ether oxygens (including phenoxy) is 1. The number of hydrogen-bond donors (Lipinski definition) is 1. The van der Waals surface area contributed by atoms with Crippen LogP contribution < -0.4 is 16.2 Å². The first-order valence-corrected chi connectivity index (χ1v) is 6.81. The Kier molecular flexibility index (Phi) is 3.64. The number of anilines is 1. The number of rotatable bonds is 5. The van der Waals surface area contributed by atoms with Crippen molar-refractivity contribution in [2.24, 2.45) is 0 Å². The summed E-state index contributed by atoms with van der Waals surface area (Å²) in [5.74, 6) is 0.402. The zero-order valence-corrected chi connectivity index (χ0v) is 11.5. The van der Waals surface area contributed by atoms with Crippen molar-refractivity contribution < 1.29 is 9.15 Å². The molecule has 0 aliphatic rings. The number of nitrogen functional groups attached to an aromatic ring is 1. The average Bonchev–Trinajstić information content (AvgIpc) is 2.79. The zero-order valence-electron chi connectivity index (χ0n) is 11.5. The van der Waals surface area contributed by atoms with Crippen molar-refractivity contribution in [2.45, 2.75) is 13.0 Å². The predicted molar refractivity (Wildman–Crippen MR) is 81.4 cm³/mol. The van der Waals surface area contributed by atoms with Gasteiger partial charge < -0.3 is 14.9 Å². The smallest absolute Gasteiger partial charge is 0.419 e. The highest BCUT2D eigenvalue weighted by Crippen LogP contribution is 2.15. The van der Waals surface area contributed by atoms with E-state index in [2.05, 4.69) is 0 Å². The number of fused-ring (bicyclic) bond motifs is 1. The molecule has 5 heteroatoms. The maximum Gasteiger partial charge on any atom is 0.419 e. The Morgan fingerprint density at radius 1 is 1.14 bits per heavy atom. The van der Waals surface area contributed by atoms with Gasteiger partial charge in [-0.2, -0.15) is 0 Å². The molecule has 3 rings (SSSR count). The summed E-state index contributed by atoms with van der Waals surface area (Å²) in [6.07, 6.45) is 0.707. The van der Waals surface area contributed by atoms with E-state index in [0.29, 0.717) is 30.8 Å². The van der Waals surface area contributed by atoms with Crippen molar-refractivity contribution in [2.75, 3.05) is 12.3 Å². The van der Waals surface area contributed by atoms with Gasteiger partial charge in [0.05, 0.1) is 12.1 Å². The SMILES string of the molecule is Nc1cccc(OCCCn2c(=O)oc3ccccc32)c1. The molecule has 1 heterocycles. The number of aryl methyl sites for hydroxylation is 1. The van der Waals surface area contributed by atoms with Crippen LogP contribution in [0.4, 0.5) is 5.69 Å². The van der Waals surface area contributed by atoms with E-state index in [1.807, 2.05) is 36.4 Å². The van der Waals surface area contributed by atoms with Crippen molar-refractivity contribution in [3.05, 3.63) is 59.1 Å². The average molecular weight is 284 g/mol. The molecule has 0 aliphatic heterocycles. The maximum atomic E-state index is 11.8. The van der Waals surface area contributed by atoms with Crippen LogP contribution >= 0.6 is 0 Å². The third-order valence-corrected chi connectivity index (χ3v) is 3.23. The molecule has 3 aromatic rings. The van der Waals surface area contributed by atoms with E-state index in [-0.39, 0.29) is 5.76 Å². The van der Waals surface area contributed by atoms with Gasteiger partial charge in [-0.15, -0.1) is 0 Å². The summed E-state index contributed by atoms with van der Waals surface area (Å²) in [6, 6.07) is 14.7. The number of benzene rings is 2. The summed E-state index contributed by atoms with van der Waals surface area (Å²) in [5, 5.41) is 0. The minimum atomic E-state index is -0.333. The Morgan fingerprint density at radius 2 is 2.00 bits per heavy atom. The van der Waals surface area contributed by atoms with Crippen LogP contribution in [0.5, 0.6) is 5.75 Å². The summed E-state index contributed by atoms with van der Waals surface area (Å²) >= 11 is 0. The first kappa shape index (κ1) is 13.3. The summed E-state index contributed by atoms with van der Waals surface area (Å²) < 4.78 is 12.4. The number of nitrogens with zero attached hydrogens (tertiary/aromatic N) is 1. The summed E-state index contributed by atoms with van der Waals surface area (Å²) in [6.45, 7) is 1.06. The molecule has 0 unspecified atom stereocenters. The lowest BCUT2D eigenvalue weighted by Gasteiger charge is -2.07. The van der Waals surface area contributed by atoms with Crippen LogP contribution in [0.3, 0.4) is 0 Å². The molecule has 108 valence electrons. The molecule has 2 N–H and O–H groups in total. The fraction of sp³-hybridized carbons (Fsp3) is 0.188. The number of hydrogen-bond acceptors (Lipinski definition) is 4. The van der Waals surface area contributed by atoms with Gasteiger partial charge >= 0.3 is 5.76 Å². The van der Waals surface area contributed by atoms with E-state index in [0.717, 1.165) is 11.3 Å². The van der Waals surface area contributed by atoms with Gasteiger partial charge in [0.1, 0.15) is 5.75 Å². The highest BCUT2D eigenvalue weighted by atomic mass is 16.5. The molecule has 2 aromatic carbocycles. The molecule has 0 amide bonds. The van der Waals surface area contributed by atoms with Crippen LogP contribution in [0.15, 0.2) is 57.7 Å². The molecule has 1 aromatic heterocycles. The summed E-state index contributed by atoms with van der Waals surface area (Å²) in [4.78, 5) is 11.8. The van der Waals surface area contributed by atoms with Gasteiger partial charge in [0.2, 0.25) is 0 Å². The van der Waals surface area contributed by atoms with Crippen molar-refractivity contribution >= 4 is 16.8 Å². The van der Waals surface area contributed by atoms with Crippen molar-refractivity contribution in [1.82, 2.24) is 4.57 Å². The topological polar surface area (TPSA) is 70.4 Å². The second-order valence-electron chi connectivity index (χ2n) is 4.76. The normalized spacial score (nSPS) is 10.9. The molecule has 0 bridgehead atoms. The van der Waals surface area contributed by atoms with Crippen LogP contribution in [-0.2, 0) is 6.54 Å². The number of nitrogens with two attached hydrogens (primary N) is 1. The van der Waals surface area contributed by atoms with E-state index in [1.54, 1.807) is 16.7 Å². The second kappa shape index (κ2) is 5.75. The van der Waals surface area contributed by atoms with Crippen LogP contribution in [-0.4, -0.2) is 11.2 Å². The quantitative estimate of drug-likeness (QED) is 0.577. The van der Waals surface area contributed by atoms with Gasteiger partial charge in [-0.05, 0) is 30.7 Å². The Morgan fingerprint density at radius 3 is 2.86 bits per heavy atom. The molecular weight excluding hydrogens is 268 g/mol. The van der Waals surface area contributed by atoms with Crippen LogP contribution in [0.2, 0.25) is 0 Å². The number of oxazole rings is 1. The van der Waals surface area contributed by atoms with Gasteiger partial charge in [0.15, 0.2) is 5.58 Å². The third-order valence-electron chi connectivity index (χ3n) is 3.23. The summed E-state index contributed by atoms with van der Waals surface area (Å²) in [7, 11) is 0. The Balaban J connectivity index is 1.62. The van der Waals surface area contributed by atoms with Gasteiger partial charge in [0.25, 0.3) is 0 Å². The lowest BCUT2D eigenvalue weighted by Crippen LogP contribution is -2.15. The first-order chi connectivity index (χ1) is 10.2. The van der Waals surface area contributed by atoms with Gasteiger partial charge in [-0.3, -0.25) is 4.57 Å². The Labute approximate surface area is 121 Å². The molecule has 0 radical (unpaired) electrons. The second-order valence-corrected chi connectivity index (χ2v) is 4.76. The predicted octanol–water partition coefficient (Wildman–Crippen LogP) is 2.65. The number of aromatic nitrogens is 1. The molecule has 0 saturated carbocycles. The van der Waals surface area contributed by atoms with E-state index in [1.165, 1.54) is 0 Å². The zero-order chi connectivity index (χ0) is 14.7. The van der Waals surface area contributed by atoms with Gasteiger partial charge in [0, 0.05) is 18.3 Å². The minimum Gasteiger partial charge on any atom is -0.493 e. The lowest BCUT2D eigenvalue weighted by atomic mass is 10.3. The fourth-order valence-electron chi connectivity index (χ4n) is 2.24. The molecule has 0 atom stereocenters. The molecule has 0 aliphatic carbocycles. The van der Waals surface area contributed by atoms with Crippen LogP contribution in [0.25, 0.3) is 11.1 Å². The first-order valence-electron chi connectivity index (χ1n) is 6.81. The minimum absolute atomic E-state index is 0.333. The fourth-order valence-corrected chi connectivity index (χ4v) is 2.24. The van der Waals surface area contributed by atoms with E-state index in [4.69, 9.17) is 14.9 Å². The lowest BCUT2D eigenvalue weighted by molar-refractivity contribution is 0.300. The Hall–Kier alpha value is -2.69. The summed E-state index contributed by atoms with van der Waals surface area (Å²) in [5.41, 5.74) is 7.78. The van der Waals surface area contributed by atoms with Crippen LogP contribution in [0, 0.1) is 0 Å². The van der Waals surface area contributed by atoms with Crippen molar-refractivity contribution in [1.29, 1.82) is 0 Å². The molecular formula is C16H16N2O3. The standard InChI is InChI=1S/C16H16N2O3/c17-12-5-3-6-13(11-12)20-10-4-9-18-14-7-1-2-8-15(14)21-16(18)19/h1-3,5-8,11H,4,9-10,17H2. The largest absolute Gasteiger partial charge is 0.493 e. The third kappa shape index (κ3) is 2.91. The molecule has 21 heavy (non-hydrogen) atoms. The van der Waals surface area contributed by atoms with E-state index >= 15 is 0 Å². The molecule has 5 nitrogen and oxygen atoms in total. The van der Waals surface area contributed by atoms with Gasteiger partial charge in [-0.25, -0.2) is 4.79 Å². The van der Waals surface area contributed by atoms with Crippen LogP contribution in [0.1, 0.15) is 6.42 Å². The monoisotopic (exact) mass is 284 g/mol.